The van der Waals surface area contributed by atoms with Crippen LogP contribution in [0.25, 0.3) is 22.2 Å². The van der Waals surface area contributed by atoms with Gasteiger partial charge in [-0.15, -0.1) is 0 Å². The highest BCUT2D eigenvalue weighted by molar-refractivity contribution is 6.00. The van der Waals surface area contributed by atoms with E-state index in [0.29, 0.717) is 6.54 Å². The van der Waals surface area contributed by atoms with Crippen molar-refractivity contribution in [1.82, 2.24) is 20.3 Å². The number of hydrogen-bond donors (Lipinski definition) is 2. The lowest BCUT2D eigenvalue weighted by atomic mass is 9.98. The quantitative estimate of drug-likeness (QED) is 0.556. The number of amides is 1. The van der Waals surface area contributed by atoms with Gasteiger partial charge in [0.25, 0.3) is 5.91 Å². The van der Waals surface area contributed by atoms with Crippen LogP contribution in [0, 0.1) is 0 Å². The summed E-state index contributed by atoms with van der Waals surface area (Å²) in [5.74, 6) is -0.0167. The Bertz CT molecular complexity index is 1220. The number of nitrogens with one attached hydrogen (secondary N) is 2. The monoisotopic (exact) mass is 381 g/mol. The van der Waals surface area contributed by atoms with Crippen LogP contribution < -0.4 is 10.6 Å². The first-order valence-corrected chi connectivity index (χ1v) is 9.52. The number of rotatable bonds is 4. The van der Waals surface area contributed by atoms with Gasteiger partial charge in [0.15, 0.2) is 0 Å². The molecule has 1 aliphatic rings. The van der Waals surface area contributed by atoms with Gasteiger partial charge in [0.1, 0.15) is 0 Å². The highest BCUT2D eigenvalue weighted by Crippen LogP contribution is 2.33. The van der Waals surface area contributed by atoms with Crippen LogP contribution in [0.5, 0.6) is 0 Å². The van der Waals surface area contributed by atoms with Gasteiger partial charge in [0.05, 0.1) is 17.1 Å². The number of pyridine rings is 1. The van der Waals surface area contributed by atoms with Gasteiger partial charge in [0, 0.05) is 48.1 Å². The predicted octanol–water partition coefficient (Wildman–Crippen LogP) is 4.11. The van der Waals surface area contributed by atoms with Crippen LogP contribution in [0.4, 0.5) is 5.69 Å². The first kappa shape index (κ1) is 17.3. The fourth-order valence-electron chi connectivity index (χ4n) is 3.74. The minimum atomic E-state index is -0.0167. The van der Waals surface area contributed by atoms with Crippen LogP contribution in [0.1, 0.15) is 34.5 Å². The molecule has 0 bridgehead atoms. The lowest BCUT2D eigenvalue weighted by molar-refractivity contribution is 0.0966. The smallest absolute Gasteiger partial charge is 0.251 e. The molecule has 0 aliphatic carbocycles. The van der Waals surface area contributed by atoms with Gasteiger partial charge in [-0.3, -0.25) is 19.7 Å². The Balaban J connectivity index is 1.59. The Hall–Kier alpha value is -3.80. The van der Waals surface area contributed by atoms with E-state index in [2.05, 4.69) is 50.7 Å². The summed E-state index contributed by atoms with van der Waals surface area (Å²) >= 11 is 0. The zero-order chi connectivity index (χ0) is 19.8. The predicted molar refractivity (Wildman–Crippen MR) is 112 cm³/mol. The van der Waals surface area contributed by atoms with Gasteiger partial charge < -0.3 is 10.6 Å². The van der Waals surface area contributed by atoms with Crippen molar-refractivity contribution in [1.29, 1.82) is 0 Å². The van der Waals surface area contributed by atoms with Gasteiger partial charge in [-0.1, -0.05) is 12.1 Å². The maximum Gasteiger partial charge on any atom is 0.251 e. The molecule has 3 heterocycles. The van der Waals surface area contributed by atoms with E-state index in [1.807, 2.05) is 30.5 Å². The second-order valence-corrected chi connectivity index (χ2v) is 7.15. The third-order valence-electron chi connectivity index (χ3n) is 5.24. The Kier molecular flexibility index (Phi) is 4.17. The van der Waals surface area contributed by atoms with E-state index in [9.17, 15) is 4.79 Å². The maximum atomic E-state index is 11.9. The van der Waals surface area contributed by atoms with Crippen LogP contribution in [-0.4, -0.2) is 20.9 Å². The minimum absolute atomic E-state index is 0.0167. The topological polar surface area (TPSA) is 79.8 Å². The summed E-state index contributed by atoms with van der Waals surface area (Å²) in [6.45, 7) is 2.66. The SMILES string of the molecule is CC(Nc1cc(-c2ccc3c(c2)CNC3=O)c2nccnc2c1)c1cccnc1. The van der Waals surface area contributed by atoms with Crippen molar-refractivity contribution in [2.45, 2.75) is 19.5 Å². The molecule has 4 aromatic rings. The molecule has 6 nitrogen and oxygen atoms in total. The van der Waals surface area contributed by atoms with Crippen molar-refractivity contribution in [3.8, 4) is 11.1 Å². The van der Waals surface area contributed by atoms with Crippen molar-refractivity contribution in [2.24, 2.45) is 0 Å². The van der Waals surface area contributed by atoms with Crippen LogP contribution in [-0.2, 0) is 6.54 Å². The van der Waals surface area contributed by atoms with Crippen LogP contribution in [0.15, 0.2) is 67.3 Å². The Morgan fingerprint density at radius 2 is 1.93 bits per heavy atom. The van der Waals surface area contributed by atoms with Gasteiger partial charge in [0.2, 0.25) is 0 Å². The molecule has 1 atom stereocenters. The summed E-state index contributed by atoms with van der Waals surface area (Å²) in [6.07, 6.45) is 7.04. The van der Waals surface area contributed by atoms with Crippen molar-refractivity contribution < 1.29 is 4.79 Å². The highest BCUT2D eigenvalue weighted by atomic mass is 16.1. The molecule has 0 saturated heterocycles. The summed E-state index contributed by atoms with van der Waals surface area (Å²) in [4.78, 5) is 25.2. The third kappa shape index (κ3) is 3.18. The fourth-order valence-corrected chi connectivity index (χ4v) is 3.74. The van der Waals surface area contributed by atoms with E-state index in [4.69, 9.17) is 0 Å². The van der Waals surface area contributed by atoms with Crippen LogP contribution in [0.2, 0.25) is 0 Å². The van der Waals surface area contributed by atoms with Gasteiger partial charge in [-0.05, 0) is 53.9 Å². The first-order chi connectivity index (χ1) is 14.2. The zero-order valence-corrected chi connectivity index (χ0v) is 15.9. The number of carbonyl (C=O) groups is 1. The van der Waals surface area contributed by atoms with E-state index >= 15 is 0 Å². The second-order valence-electron chi connectivity index (χ2n) is 7.15. The Morgan fingerprint density at radius 3 is 2.79 bits per heavy atom. The van der Waals surface area contributed by atoms with Crippen molar-refractivity contribution in [3.63, 3.8) is 0 Å². The molecule has 2 aromatic carbocycles. The zero-order valence-electron chi connectivity index (χ0n) is 15.9. The summed E-state index contributed by atoms with van der Waals surface area (Å²) in [5, 5.41) is 6.42. The average Bonchev–Trinajstić information content (AvgIpc) is 3.14. The number of nitrogens with zero attached hydrogens (tertiary/aromatic N) is 3. The van der Waals surface area contributed by atoms with E-state index in [1.54, 1.807) is 18.6 Å². The second kappa shape index (κ2) is 6.98. The normalized spacial score (nSPS) is 13.8. The summed E-state index contributed by atoms with van der Waals surface area (Å²) in [6, 6.07) is 14.1. The van der Waals surface area contributed by atoms with Crippen LogP contribution in [0.3, 0.4) is 0 Å². The molecule has 5 rings (SSSR count). The number of aromatic nitrogens is 3. The maximum absolute atomic E-state index is 11.9. The molecule has 142 valence electrons. The molecule has 2 aromatic heterocycles. The van der Waals surface area contributed by atoms with Crippen molar-refractivity contribution in [2.75, 3.05) is 5.32 Å². The number of hydrogen-bond acceptors (Lipinski definition) is 5. The molecular weight excluding hydrogens is 362 g/mol. The van der Waals surface area contributed by atoms with E-state index in [-0.39, 0.29) is 11.9 Å². The van der Waals surface area contributed by atoms with Gasteiger partial charge >= 0.3 is 0 Å². The molecule has 29 heavy (non-hydrogen) atoms. The molecule has 0 radical (unpaired) electrons. The number of carbonyl (C=O) groups excluding carboxylic acids is 1. The van der Waals surface area contributed by atoms with Crippen molar-refractivity contribution in [3.05, 3.63) is 83.9 Å². The summed E-state index contributed by atoms with van der Waals surface area (Å²) < 4.78 is 0. The molecule has 2 N–H and O–H groups in total. The lowest BCUT2D eigenvalue weighted by Gasteiger charge is -2.17. The Morgan fingerprint density at radius 1 is 1.03 bits per heavy atom. The number of fused-ring (bicyclic) bond motifs is 2. The molecular formula is C23H19N5O. The molecule has 1 unspecified atom stereocenters. The fraction of sp³-hybridized carbons (Fsp3) is 0.130. The molecule has 0 spiro atoms. The van der Waals surface area contributed by atoms with Gasteiger partial charge in [-0.25, -0.2) is 0 Å². The minimum Gasteiger partial charge on any atom is -0.378 e. The molecule has 6 heteroatoms. The summed E-state index contributed by atoms with van der Waals surface area (Å²) in [5.41, 5.74) is 7.47. The molecule has 1 amide bonds. The number of benzene rings is 2. The van der Waals surface area contributed by atoms with E-state index < -0.39 is 0 Å². The van der Waals surface area contributed by atoms with Gasteiger partial charge in [-0.2, -0.15) is 0 Å². The third-order valence-corrected chi connectivity index (χ3v) is 5.24. The Labute approximate surface area is 168 Å². The average molecular weight is 381 g/mol. The molecule has 0 fully saturated rings. The highest BCUT2D eigenvalue weighted by Gasteiger charge is 2.20. The lowest BCUT2D eigenvalue weighted by Crippen LogP contribution is -2.12. The van der Waals surface area contributed by atoms with E-state index in [0.717, 1.165) is 44.5 Å². The molecule has 1 aliphatic heterocycles. The largest absolute Gasteiger partial charge is 0.378 e. The van der Waals surface area contributed by atoms with Crippen LogP contribution >= 0.6 is 0 Å². The van der Waals surface area contributed by atoms with E-state index in [1.165, 1.54) is 0 Å². The first-order valence-electron chi connectivity index (χ1n) is 9.52. The standard InChI is InChI=1S/C23H19N5O/c1-14(16-3-2-6-24-12-16)28-18-10-20(22-21(11-18)25-7-8-26-22)15-4-5-19-17(9-15)13-27-23(19)29/h2-12,14,28H,13H2,1H3,(H,27,29). The molecule has 0 saturated carbocycles. The number of anilines is 1. The summed E-state index contributed by atoms with van der Waals surface area (Å²) in [7, 11) is 0. The van der Waals surface area contributed by atoms with Crippen molar-refractivity contribution >= 4 is 22.6 Å².